The van der Waals surface area contributed by atoms with Crippen LogP contribution in [0.1, 0.15) is 10.4 Å². The lowest BCUT2D eigenvalue weighted by atomic mass is 10.3. The third-order valence-electron chi connectivity index (χ3n) is 1.85. The molecule has 0 fully saturated rings. The van der Waals surface area contributed by atoms with E-state index in [1.54, 1.807) is 16.7 Å². The molecule has 2 heterocycles. The van der Waals surface area contributed by atoms with E-state index in [4.69, 9.17) is 5.11 Å². The average Bonchev–Trinajstić information content (AvgIpc) is 2.59. The average molecular weight is 192 g/mol. The van der Waals surface area contributed by atoms with Crippen LogP contribution in [0.4, 0.5) is 0 Å². The van der Waals surface area contributed by atoms with E-state index in [0.29, 0.717) is 11.2 Å². The molecule has 2 aromatic heterocycles. The van der Waals surface area contributed by atoms with Crippen LogP contribution in [-0.2, 0) is 4.74 Å². The summed E-state index contributed by atoms with van der Waals surface area (Å²) in [7, 11) is 1.32. The summed E-state index contributed by atoms with van der Waals surface area (Å²) in [6.07, 6.45) is 4.33. The lowest BCUT2D eigenvalue weighted by Gasteiger charge is -1.93. The highest BCUT2D eigenvalue weighted by atomic mass is 16.5. The molecule has 2 rings (SSSR count). The number of fused-ring (bicyclic) bond motifs is 1. The van der Waals surface area contributed by atoms with Gasteiger partial charge in [0.1, 0.15) is 11.4 Å². The van der Waals surface area contributed by atoms with Crippen LogP contribution in [0.3, 0.4) is 0 Å². The largest absolute Gasteiger partial charge is 0.505 e. The normalized spacial score (nSPS) is 10.4. The molecule has 0 spiro atoms. The summed E-state index contributed by atoms with van der Waals surface area (Å²) in [5.74, 6) is -0.375. The summed E-state index contributed by atoms with van der Waals surface area (Å²) in [5.41, 5.74) is 0.994. The Morgan fingerprint density at radius 1 is 1.57 bits per heavy atom. The van der Waals surface area contributed by atoms with E-state index in [1.165, 1.54) is 19.5 Å². The molecule has 0 atom stereocenters. The maximum Gasteiger partial charge on any atom is 0.339 e. The summed E-state index contributed by atoms with van der Waals surface area (Å²) in [5, 5.41) is 9.14. The topological polar surface area (TPSA) is 63.8 Å². The molecule has 0 amide bonds. The number of nitrogens with zero attached hydrogens (tertiary/aromatic N) is 2. The number of carbonyl (C=O) groups is 1. The standard InChI is InChI=1S/C9H8N2O3/c1-14-9(13)6-2-8-10-3-7(12)5-11(8)4-6/h2-5,12H,1H3. The molecule has 0 bridgehead atoms. The highest BCUT2D eigenvalue weighted by Crippen LogP contribution is 2.12. The molecule has 5 heteroatoms. The molecule has 0 aromatic carbocycles. The predicted octanol–water partition coefficient (Wildman–Crippen LogP) is 0.826. The Balaban J connectivity index is 2.56. The van der Waals surface area contributed by atoms with Gasteiger partial charge in [-0.2, -0.15) is 0 Å². The van der Waals surface area contributed by atoms with Crippen molar-refractivity contribution in [2.75, 3.05) is 7.11 Å². The smallest absolute Gasteiger partial charge is 0.339 e. The van der Waals surface area contributed by atoms with Gasteiger partial charge in [0.05, 0.1) is 25.1 Å². The van der Waals surface area contributed by atoms with E-state index in [2.05, 4.69) is 9.72 Å². The molecule has 0 saturated carbocycles. The minimum Gasteiger partial charge on any atom is -0.505 e. The van der Waals surface area contributed by atoms with Crippen molar-refractivity contribution in [1.82, 2.24) is 9.38 Å². The first-order valence-electron chi connectivity index (χ1n) is 3.96. The van der Waals surface area contributed by atoms with Crippen LogP contribution in [0.5, 0.6) is 5.75 Å². The molecule has 0 aliphatic rings. The third-order valence-corrected chi connectivity index (χ3v) is 1.85. The van der Waals surface area contributed by atoms with Crippen LogP contribution in [0, 0.1) is 0 Å². The molecule has 72 valence electrons. The number of esters is 1. The number of carbonyl (C=O) groups excluding carboxylic acids is 1. The Labute approximate surface area is 79.6 Å². The minimum atomic E-state index is -0.421. The second kappa shape index (κ2) is 3.02. The summed E-state index contributed by atoms with van der Waals surface area (Å²) < 4.78 is 6.11. The second-order valence-corrected chi connectivity index (χ2v) is 2.80. The number of rotatable bonds is 1. The van der Waals surface area contributed by atoms with Crippen LogP contribution < -0.4 is 0 Å². The summed E-state index contributed by atoms with van der Waals surface area (Å²) in [6, 6.07) is 1.59. The number of aromatic nitrogens is 2. The summed E-state index contributed by atoms with van der Waals surface area (Å²) in [4.78, 5) is 15.1. The first-order chi connectivity index (χ1) is 6.70. The first kappa shape index (κ1) is 8.55. The minimum absolute atomic E-state index is 0.0458. The van der Waals surface area contributed by atoms with Gasteiger partial charge in [-0.3, -0.25) is 0 Å². The fraction of sp³-hybridized carbons (Fsp3) is 0.111. The van der Waals surface area contributed by atoms with Gasteiger partial charge < -0.3 is 14.2 Å². The van der Waals surface area contributed by atoms with E-state index in [0.717, 1.165) is 0 Å². The zero-order valence-electron chi connectivity index (χ0n) is 7.47. The van der Waals surface area contributed by atoms with Crippen LogP contribution >= 0.6 is 0 Å². The van der Waals surface area contributed by atoms with E-state index in [-0.39, 0.29) is 5.75 Å². The Bertz CT molecular complexity index is 490. The van der Waals surface area contributed by atoms with E-state index in [1.807, 2.05) is 0 Å². The Hall–Kier alpha value is -2.04. The molecule has 0 unspecified atom stereocenters. The van der Waals surface area contributed by atoms with E-state index >= 15 is 0 Å². The Morgan fingerprint density at radius 2 is 2.36 bits per heavy atom. The fourth-order valence-corrected chi connectivity index (χ4v) is 1.21. The molecule has 1 N–H and O–H groups in total. The maximum atomic E-state index is 11.1. The van der Waals surface area contributed by atoms with Crippen molar-refractivity contribution in [2.45, 2.75) is 0 Å². The Kier molecular flexibility index (Phi) is 1.85. The Morgan fingerprint density at radius 3 is 3.07 bits per heavy atom. The van der Waals surface area contributed by atoms with Crippen molar-refractivity contribution in [3.63, 3.8) is 0 Å². The summed E-state index contributed by atoms with van der Waals surface area (Å²) >= 11 is 0. The van der Waals surface area contributed by atoms with Crippen molar-refractivity contribution < 1.29 is 14.6 Å². The van der Waals surface area contributed by atoms with Gasteiger partial charge in [0, 0.05) is 6.20 Å². The van der Waals surface area contributed by atoms with Crippen LogP contribution in [-0.4, -0.2) is 27.6 Å². The first-order valence-corrected chi connectivity index (χ1v) is 3.96. The number of hydrogen-bond acceptors (Lipinski definition) is 4. The number of hydrogen-bond donors (Lipinski definition) is 1. The van der Waals surface area contributed by atoms with Crippen molar-refractivity contribution in [3.05, 3.63) is 30.2 Å². The molecule has 0 aliphatic heterocycles. The molecule has 0 saturated heterocycles. The molecule has 5 nitrogen and oxygen atoms in total. The maximum absolute atomic E-state index is 11.1. The van der Waals surface area contributed by atoms with Gasteiger partial charge in [0.2, 0.25) is 0 Å². The van der Waals surface area contributed by atoms with Gasteiger partial charge in [0.15, 0.2) is 0 Å². The van der Waals surface area contributed by atoms with Crippen molar-refractivity contribution >= 4 is 11.6 Å². The highest BCUT2D eigenvalue weighted by molar-refractivity contribution is 5.90. The van der Waals surface area contributed by atoms with Crippen molar-refractivity contribution in [1.29, 1.82) is 0 Å². The lowest BCUT2D eigenvalue weighted by Crippen LogP contribution is -1.98. The molecular weight excluding hydrogens is 184 g/mol. The van der Waals surface area contributed by atoms with Gasteiger partial charge in [-0.25, -0.2) is 9.78 Å². The van der Waals surface area contributed by atoms with Gasteiger partial charge in [-0.05, 0) is 6.07 Å². The molecule has 0 radical (unpaired) electrons. The number of aromatic hydroxyl groups is 1. The number of ether oxygens (including phenoxy) is 1. The van der Waals surface area contributed by atoms with Gasteiger partial charge in [-0.1, -0.05) is 0 Å². The fourth-order valence-electron chi connectivity index (χ4n) is 1.21. The van der Waals surface area contributed by atoms with E-state index < -0.39 is 5.97 Å². The molecular formula is C9H8N2O3. The molecule has 2 aromatic rings. The van der Waals surface area contributed by atoms with Crippen molar-refractivity contribution in [2.24, 2.45) is 0 Å². The quantitative estimate of drug-likeness (QED) is 0.679. The van der Waals surface area contributed by atoms with Gasteiger partial charge >= 0.3 is 5.97 Å². The van der Waals surface area contributed by atoms with Crippen LogP contribution in [0.2, 0.25) is 0 Å². The monoisotopic (exact) mass is 192 g/mol. The molecule has 14 heavy (non-hydrogen) atoms. The van der Waals surface area contributed by atoms with Crippen LogP contribution in [0.25, 0.3) is 5.65 Å². The van der Waals surface area contributed by atoms with Crippen LogP contribution in [0.15, 0.2) is 24.7 Å². The van der Waals surface area contributed by atoms with Crippen molar-refractivity contribution in [3.8, 4) is 5.75 Å². The predicted molar refractivity (Wildman–Crippen MR) is 48.2 cm³/mol. The lowest BCUT2D eigenvalue weighted by molar-refractivity contribution is 0.0601. The second-order valence-electron chi connectivity index (χ2n) is 2.80. The third kappa shape index (κ3) is 1.28. The number of methoxy groups -OCH3 is 1. The SMILES string of the molecule is COC(=O)c1cc2ncc(O)cn2c1. The van der Waals surface area contributed by atoms with Gasteiger partial charge in [0.25, 0.3) is 0 Å². The molecule has 0 aliphatic carbocycles. The van der Waals surface area contributed by atoms with E-state index in [9.17, 15) is 4.79 Å². The highest BCUT2D eigenvalue weighted by Gasteiger charge is 2.08. The zero-order valence-corrected chi connectivity index (χ0v) is 7.47. The zero-order chi connectivity index (χ0) is 10.1. The van der Waals surface area contributed by atoms with Gasteiger partial charge in [-0.15, -0.1) is 0 Å². The summed E-state index contributed by atoms with van der Waals surface area (Å²) in [6.45, 7) is 0.